The Morgan fingerprint density at radius 1 is 0.900 bits per heavy atom. The highest BCUT2D eigenvalue weighted by atomic mass is 32.1. The maximum atomic E-state index is 11.4. The van der Waals surface area contributed by atoms with Crippen LogP contribution in [0.1, 0.15) is 0 Å². The number of non-ortho nitro benzene ring substituents is 1. The van der Waals surface area contributed by atoms with Crippen LogP contribution in [0.3, 0.4) is 0 Å². The summed E-state index contributed by atoms with van der Waals surface area (Å²) in [4.78, 5) is 25.5. The third kappa shape index (κ3) is 3.63. The van der Waals surface area contributed by atoms with E-state index >= 15 is 0 Å². The molecule has 0 amide bonds. The second-order valence-corrected chi connectivity index (χ2v) is 7.15. The Bertz CT molecular complexity index is 1250. The van der Waals surface area contributed by atoms with Gasteiger partial charge in [-0.15, -0.1) is 11.3 Å². The summed E-state index contributed by atoms with van der Waals surface area (Å²) in [6.45, 7) is 0. The van der Waals surface area contributed by atoms with E-state index in [0.29, 0.717) is 5.75 Å². The minimum Gasteiger partial charge on any atom is -0.493 e. The van der Waals surface area contributed by atoms with Gasteiger partial charge in [0.15, 0.2) is 11.5 Å². The van der Waals surface area contributed by atoms with Crippen LogP contribution in [0, 0.1) is 20.2 Å². The maximum Gasteiger partial charge on any atom is 0.318 e. The summed E-state index contributed by atoms with van der Waals surface area (Å²) in [6, 6.07) is 16.1. The lowest BCUT2D eigenvalue weighted by atomic mass is 10.2. The molecular weight excluding hydrogens is 410 g/mol. The van der Waals surface area contributed by atoms with Crippen LogP contribution in [0.25, 0.3) is 20.8 Å². The molecule has 0 atom stereocenters. The molecule has 0 saturated carbocycles. The molecule has 0 fully saturated rings. The number of ether oxygens (including phenoxy) is 2. The summed E-state index contributed by atoms with van der Waals surface area (Å²) >= 11 is 1.50. The first-order valence-corrected chi connectivity index (χ1v) is 9.42. The lowest BCUT2D eigenvalue weighted by Crippen LogP contribution is -1.97. The SMILES string of the molecule is COc1ccc(-c2nc3ccccc3s2)cc1Oc1ccc([N+](=O)[O-])cc1[N+](=O)[O-]. The summed E-state index contributed by atoms with van der Waals surface area (Å²) in [6.07, 6.45) is 0. The molecule has 1 heterocycles. The number of nitrogens with zero attached hydrogens (tertiary/aromatic N) is 3. The van der Waals surface area contributed by atoms with Crippen LogP contribution < -0.4 is 9.47 Å². The van der Waals surface area contributed by atoms with Gasteiger partial charge in [-0.25, -0.2) is 4.98 Å². The van der Waals surface area contributed by atoms with Gasteiger partial charge >= 0.3 is 5.69 Å². The third-order valence-electron chi connectivity index (χ3n) is 4.27. The van der Waals surface area contributed by atoms with Crippen molar-refractivity contribution in [2.24, 2.45) is 0 Å². The molecule has 150 valence electrons. The Morgan fingerprint density at radius 3 is 2.37 bits per heavy atom. The molecule has 0 radical (unpaired) electrons. The lowest BCUT2D eigenvalue weighted by molar-refractivity contribution is -0.394. The van der Waals surface area contributed by atoms with Crippen molar-refractivity contribution < 1.29 is 19.3 Å². The molecule has 4 aromatic rings. The van der Waals surface area contributed by atoms with Crippen molar-refractivity contribution in [3.8, 4) is 27.8 Å². The first-order chi connectivity index (χ1) is 14.5. The Balaban J connectivity index is 1.76. The minimum atomic E-state index is -0.730. The van der Waals surface area contributed by atoms with E-state index in [-0.39, 0.29) is 11.5 Å². The topological polar surface area (TPSA) is 118 Å². The number of fused-ring (bicyclic) bond motifs is 1. The molecule has 9 nitrogen and oxygen atoms in total. The number of thiazole rings is 1. The van der Waals surface area contributed by atoms with Gasteiger partial charge in [-0.3, -0.25) is 20.2 Å². The predicted octanol–water partition coefficient (Wildman–Crippen LogP) is 5.58. The van der Waals surface area contributed by atoms with Gasteiger partial charge in [-0.1, -0.05) is 12.1 Å². The van der Waals surface area contributed by atoms with Gasteiger partial charge in [0, 0.05) is 11.6 Å². The number of benzene rings is 3. The molecule has 0 saturated heterocycles. The van der Waals surface area contributed by atoms with Gasteiger partial charge in [-0.05, 0) is 36.4 Å². The zero-order chi connectivity index (χ0) is 21.3. The van der Waals surface area contributed by atoms with Crippen LogP contribution in [-0.4, -0.2) is 21.9 Å². The highest BCUT2D eigenvalue weighted by Crippen LogP contribution is 2.41. The molecule has 30 heavy (non-hydrogen) atoms. The molecular formula is C20H13N3O6S. The number of nitro groups is 2. The third-order valence-corrected chi connectivity index (χ3v) is 5.36. The second-order valence-electron chi connectivity index (χ2n) is 6.12. The van der Waals surface area contributed by atoms with Crippen LogP contribution in [0.5, 0.6) is 17.2 Å². The van der Waals surface area contributed by atoms with Crippen molar-refractivity contribution in [3.63, 3.8) is 0 Å². The highest BCUT2D eigenvalue weighted by molar-refractivity contribution is 7.21. The molecule has 0 bridgehead atoms. The van der Waals surface area contributed by atoms with Crippen LogP contribution >= 0.6 is 11.3 Å². The van der Waals surface area contributed by atoms with E-state index in [1.807, 2.05) is 30.3 Å². The van der Waals surface area contributed by atoms with Gasteiger partial charge in [-0.2, -0.15) is 0 Å². The van der Waals surface area contributed by atoms with Crippen molar-refractivity contribution in [3.05, 3.63) is 80.9 Å². The molecule has 3 aromatic carbocycles. The van der Waals surface area contributed by atoms with E-state index in [1.54, 1.807) is 12.1 Å². The molecule has 1 aromatic heterocycles. The van der Waals surface area contributed by atoms with E-state index in [4.69, 9.17) is 9.47 Å². The molecule has 0 aliphatic heterocycles. The van der Waals surface area contributed by atoms with Gasteiger partial charge in [0.2, 0.25) is 5.75 Å². The summed E-state index contributed by atoms with van der Waals surface area (Å²) in [5.41, 5.74) is 0.694. The standard InChI is InChI=1S/C20H13N3O6S/c1-28-17-8-6-12(20-21-14-4-2-3-5-19(14)30-20)10-18(17)29-16-9-7-13(22(24)25)11-15(16)23(26)27/h2-11H,1H3. The van der Waals surface area contributed by atoms with Gasteiger partial charge in [0.1, 0.15) is 5.01 Å². The van der Waals surface area contributed by atoms with Crippen LogP contribution in [0.15, 0.2) is 60.7 Å². The minimum absolute atomic E-state index is 0.134. The Kier molecular flexibility index (Phi) is 4.98. The number of hydrogen-bond acceptors (Lipinski definition) is 8. The molecule has 4 rings (SSSR count). The first kappa shape index (κ1) is 19.3. The van der Waals surface area contributed by atoms with Crippen LogP contribution in [0.4, 0.5) is 11.4 Å². The highest BCUT2D eigenvalue weighted by Gasteiger charge is 2.22. The fourth-order valence-electron chi connectivity index (χ4n) is 2.85. The number of methoxy groups -OCH3 is 1. The van der Waals surface area contributed by atoms with E-state index in [9.17, 15) is 20.2 Å². The zero-order valence-corrected chi connectivity index (χ0v) is 16.3. The second kappa shape index (κ2) is 7.76. The largest absolute Gasteiger partial charge is 0.493 e. The van der Waals surface area contributed by atoms with E-state index in [2.05, 4.69) is 4.98 Å². The maximum absolute atomic E-state index is 11.4. The average Bonchev–Trinajstić information content (AvgIpc) is 3.18. The van der Waals surface area contributed by atoms with Gasteiger partial charge in [0.25, 0.3) is 5.69 Å². The Labute approximate surface area is 173 Å². The van der Waals surface area contributed by atoms with E-state index in [0.717, 1.165) is 32.9 Å². The normalized spacial score (nSPS) is 10.7. The fraction of sp³-hybridized carbons (Fsp3) is 0.0500. The summed E-state index contributed by atoms with van der Waals surface area (Å²) < 4.78 is 12.1. The average molecular weight is 423 g/mol. The van der Waals surface area contributed by atoms with Crippen molar-refractivity contribution >= 4 is 32.9 Å². The Morgan fingerprint density at radius 2 is 1.67 bits per heavy atom. The lowest BCUT2D eigenvalue weighted by Gasteiger charge is -2.11. The van der Waals surface area contributed by atoms with Crippen molar-refractivity contribution in [2.75, 3.05) is 7.11 Å². The van der Waals surface area contributed by atoms with Gasteiger partial charge < -0.3 is 9.47 Å². The van der Waals surface area contributed by atoms with Crippen LogP contribution in [0.2, 0.25) is 0 Å². The number of aromatic nitrogens is 1. The number of hydrogen-bond donors (Lipinski definition) is 0. The summed E-state index contributed by atoms with van der Waals surface area (Å²) in [7, 11) is 1.45. The molecule has 0 N–H and O–H groups in total. The molecule has 0 spiro atoms. The summed E-state index contributed by atoms with van der Waals surface area (Å²) in [5.74, 6) is 0.448. The van der Waals surface area contributed by atoms with Crippen molar-refractivity contribution in [1.29, 1.82) is 0 Å². The zero-order valence-electron chi connectivity index (χ0n) is 15.5. The Hall–Kier alpha value is -4.05. The van der Waals surface area contributed by atoms with E-state index < -0.39 is 21.2 Å². The number of para-hydroxylation sites is 1. The number of rotatable bonds is 6. The number of nitro benzene ring substituents is 2. The van der Waals surface area contributed by atoms with Crippen LogP contribution in [-0.2, 0) is 0 Å². The van der Waals surface area contributed by atoms with Gasteiger partial charge in [0.05, 0.1) is 33.2 Å². The molecule has 0 aliphatic carbocycles. The predicted molar refractivity (Wildman–Crippen MR) is 111 cm³/mol. The monoisotopic (exact) mass is 423 g/mol. The summed E-state index contributed by atoms with van der Waals surface area (Å²) in [5, 5.41) is 23.1. The quantitative estimate of drug-likeness (QED) is 0.293. The van der Waals surface area contributed by atoms with Crippen molar-refractivity contribution in [1.82, 2.24) is 4.98 Å². The smallest absolute Gasteiger partial charge is 0.318 e. The fourth-order valence-corrected chi connectivity index (χ4v) is 3.81. The van der Waals surface area contributed by atoms with Crippen molar-refractivity contribution in [2.45, 2.75) is 0 Å². The first-order valence-electron chi connectivity index (χ1n) is 8.61. The molecule has 0 aliphatic rings. The van der Waals surface area contributed by atoms with E-state index in [1.165, 1.54) is 24.5 Å². The molecule has 10 heteroatoms. The molecule has 0 unspecified atom stereocenters.